The van der Waals surface area contributed by atoms with Gasteiger partial charge in [0.1, 0.15) is 5.82 Å². The van der Waals surface area contributed by atoms with Gasteiger partial charge >= 0.3 is 0 Å². The lowest BCUT2D eigenvalue weighted by atomic mass is 9.83. The Labute approximate surface area is 165 Å². The van der Waals surface area contributed by atoms with Gasteiger partial charge in [-0.05, 0) is 68.9 Å². The Hall–Kier alpha value is -1.62. The van der Waals surface area contributed by atoms with Gasteiger partial charge in [0.25, 0.3) is 0 Å². The van der Waals surface area contributed by atoms with Gasteiger partial charge in [0.15, 0.2) is 5.82 Å². The third-order valence-electron chi connectivity index (χ3n) is 5.35. The van der Waals surface area contributed by atoms with Gasteiger partial charge < -0.3 is 10.6 Å². The first-order valence-electron chi connectivity index (χ1n) is 9.60. The highest BCUT2D eigenvalue weighted by Gasteiger charge is 2.29. The molecule has 0 bridgehead atoms. The Morgan fingerprint density at radius 1 is 1.15 bits per heavy atom. The third-order valence-corrected chi connectivity index (χ3v) is 5.80. The van der Waals surface area contributed by atoms with E-state index < -0.39 is 0 Å². The van der Waals surface area contributed by atoms with E-state index in [1.54, 1.807) is 0 Å². The van der Waals surface area contributed by atoms with Gasteiger partial charge in [-0.2, -0.15) is 0 Å². The Morgan fingerprint density at radius 3 is 2.42 bits per heavy atom. The maximum absolute atomic E-state index is 4.87. The number of aryl methyl sites for hydroxylation is 3. The molecule has 2 heterocycles. The fraction of sp³-hybridized carbons (Fsp3) is 0.524. The number of aromatic nitrogens is 2. The van der Waals surface area contributed by atoms with Crippen LogP contribution >= 0.6 is 15.9 Å². The van der Waals surface area contributed by atoms with Gasteiger partial charge in [-0.3, -0.25) is 0 Å². The molecule has 3 rings (SSSR count). The zero-order valence-corrected chi connectivity index (χ0v) is 18.0. The highest BCUT2D eigenvalue weighted by Crippen LogP contribution is 2.41. The van der Waals surface area contributed by atoms with Crippen LogP contribution in [0.5, 0.6) is 0 Å². The van der Waals surface area contributed by atoms with Crippen LogP contribution in [-0.4, -0.2) is 22.6 Å². The zero-order chi connectivity index (χ0) is 18.8. The fourth-order valence-corrected chi connectivity index (χ4v) is 4.73. The third kappa shape index (κ3) is 3.73. The molecule has 0 aliphatic carbocycles. The second kappa shape index (κ2) is 7.95. The fourth-order valence-electron chi connectivity index (χ4n) is 4.04. The molecule has 1 aromatic heterocycles. The summed E-state index contributed by atoms with van der Waals surface area (Å²) in [5.41, 5.74) is 6.26. The normalized spacial score (nSPS) is 16.3. The van der Waals surface area contributed by atoms with E-state index in [-0.39, 0.29) is 0 Å². The second-order valence-electron chi connectivity index (χ2n) is 7.26. The van der Waals surface area contributed by atoms with Crippen molar-refractivity contribution in [2.24, 2.45) is 0 Å². The van der Waals surface area contributed by atoms with Gasteiger partial charge in [0.2, 0.25) is 0 Å². The Morgan fingerprint density at radius 2 is 1.81 bits per heavy atom. The van der Waals surface area contributed by atoms with Crippen molar-refractivity contribution in [2.45, 2.75) is 65.8 Å². The topological polar surface area (TPSA) is 49.8 Å². The van der Waals surface area contributed by atoms with Crippen LogP contribution in [0.2, 0.25) is 0 Å². The van der Waals surface area contributed by atoms with E-state index in [0.717, 1.165) is 53.3 Å². The lowest BCUT2D eigenvalue weighted by Crippen LogP contribution is -2.25. The smallest absolute Gasteiger partial charge is 0.153 e. The molecule has 1 atom stereocenters. The van der Waals surface area contributed by atoms with Crippen molar-refractivity contribution >= 4 is 27.4 Å². The average molecular weight is 417 g/mol. The number of hydrogen-bond donors (Lipinski definition) is 2. The highest BCUT2D eigenvalue weighted by atomic mass is 79.9. The minimum atomic E-state index is 0.309. The van der Waals surface area contributed by atoms with Crippen LogP contribution in [-0.2, 0) is 0 Å². The van der Waals surface area contributed by atoms with Crippen molar-refractivity contribution in [3.8, 4) is 0 Å². The molecule has 0 amide bonds. The number of rotatable bonds is 5. The largest absolute Gasteiger partial charge is 0.381 e. The summed E-state index contributed by atoms with van der Waals surface area (Å²) in [5.74, 6) is 2.10. The van der Waals surface area contributed by atoms with Crippen LogP contribution < -0.4 is 10.6 Å². The van der Waals surface area contributed by atoms with E-state index >= 15 is 0 Å². The first-order valence-corrected chi connectivity index (χ1v) is 10.4. The molecule has 0 saturated heterocycles. The molecule has 1 aliphatic heterocycles. The van der Waals surface area contributed by atoms with Gasteiger partial charge in [-0.1, -0.05) is 29.8 Å². The summed E-state index contributed by atoms with van der Waals surface area (Å²) in [6, 6.07) is 4.86. The van der Waals surface area contributed by atoms with E-state index in [4.69, 9.17) is 9.97 Å². The quantitative estimate of drug-likeness (QED) is 0.654. The second-order valence-corrected chi connectivity index (χ2v) is 8.17. The molecule has 0 spiro atoms. The monoisotopic (exact) mass is 416 g/mol. The molecule has 1 aromatic carbocycles. The molecule has 26 heavy (non-hydrogen) atoms. The number of nitrogens with one attached hydrogen (secondary N) is 2. The average Bonchev–Trinajstić information content (AvgIpc) is 2.59. The number of nitrogens with zero attached hydrogens (tertiary/aromatic N) is 2. The van der Waals surface area contributed by atoms with Crippen molar-refractivity contribution in [3.63, 3.8) is 0 Å². The van der Waals surface area contributed by atoms with Crippen LogP contribution in [0.3, 0.4) is 0 Å². The number of hydrogen-bond acceptors (Lipinski definition) is 4. The standard InChI is InChI=1S/C21H29BrN4/c1-6-16(7-2)26-21-20-19(24-14(5)25-21)17(8-9-23-20)18-12(3)10-15(22)11-13(18)4/h10-11,16-17,23H,6-9H2,1-5H3,(H,24,25,26). The molecule has 5 heteroatoms. The molecule has 1 aliphatic rings. The summed E-state index contributed by atoms with van der Waals surface area (Å²) in [7, 11) is 0. The van der Waals surface area contributed by atoms with E-state index in [2.05, 4.69) is 66.4 Å². The lowest BCUT2D eigenvalue weighted by molar-refractivity contribution is 0.657. The number of halogens is 1. The van der Waals surface area contributed by atoms with Crippen molar-refractivity contribution < 1.29 is 0 Å². The first kappa shape index (κ1) is 19.2. The van der Waals surface area contributed by atoms with E-state index in [9.17, 15) is 0 Å². The molecule has 1 unspecified atom stereocenters. The molecule has 4 nitrogen and oxygen atoms in total. The Kier molecular flexibility index (Phi) is 5.86. The van der Waals surface area contributed by atoms with Gasteiger partial charge in [0.05, 0.1) is 11.4 Å². The first-order chi connectivity index (χ1) is 12.4. The molecule has 0 saturated carbocycles. The SMILES string of the molecule is CCC(CC)Nc1nc(C)nc2c1NCCC2c1c(C)cc(Br)cc1C. The van der Waals surface area contributed by atoms with Crippen LogP contribution in [0.25, 0.3) is 0 Å². The minimum absolute atomic E-state index is 0.309. The molecular weight excluding hydrogens is 388 g/mol. The lowest BCUT2D eigenvalue weighted by Gasteiger charge is -2.30. The summed E-state index contributed by atoms with van der Waals surface area (Å²) in [4.78, 5) is 9.59. The van der Waals surface area contributed by atoms with Crippen LogP contribution in [0.4, 0.5) is 11.5 Å². The zero-order valence-electron chi connectivity index (χ0n) is 16.4. The summed E-state index contributed by atoms with van der Waals surface area (Å²) in [6.45, 7) is 11.8. The predicted molar refractivity (Wildman–Crippen MR) is 113 cm³/mol. The van der Waals surface area contributed by atoms with Gasteiger partial charge in [0, 0.05) is 23.0 Å². The van der Waals surface area contributed by atoms with Gasteiger partial charge in [-0.25, -0.2) is 9.97 Å². The van der Waals surface area contributed by atoms with Crippen molar-refractivity contribution in [3.05, 3.63) is 44.8 Å². The van der Waals surface area contributed by atoms with E-state index in [1.807, 2.05) is 6.92 Å². The van der Waals surface area contributed by atoms with Crippen LogP contribution in [0, 0.1) is 20.8 Å². The van der Waals surface area contributed by atoms with Crippen molar-refractivity contribution in [1.29, 1.82) is 0 Å². The van der Waals surface area contributed by atoms with Crippen LogP contribution in [0.15, 0.2) is 16.6 Å². The molecule has 0 radical (unpaired) electrons. The maximum Gasteiger partial charge on any atom is 0.153 e. The van der Waals surface area contributed by atoms with E-state index in [1.165, 1.54) is 16.7 Å². The minimum Gasteiger partial charge on any atom is -0.381 e. The summed E-state index contributed by atoms with van der Waals surface area (Å²) in [5, 5.41) is 7.20. The summed E-state index contributed by atoms with van der Waals surface area (Å²) < 4.78 is 1.14. The summed E-state index contributed by atoms with van der Waals surface area (Å²) >= 11 is 3.62. The predicted octanol–water partition coefficient (Wildman–Crippen LogP) is 5.71. The Balaban J connectivity index is 2.09. The maximum atomic E-state index is 4.87. The molecule has 140 valence electrons. The van der Waals surface area contributed by atoms with Crippen molar-refractivity contribution in [2.75, 3.05) is 17.2 Å². The molecule has 0 fully saturated rings. The molecule has 2 aromatic rings. The Bertz CT molecular complexity index is 776. The molecular formula is C21H29BrN4. The van der Waals surface area contributed by atoms with Crippen LogP contribution in [0.1, 0.15) is 67.2 Å². The number of anilines is 2. The highest BCUT2D eigenvalue weighted by molar-refractivity contribution is 9.10. The number of benzene rings is 1. The molecule has 2 N–H and O–H groups in total. The van der Waals surface area contributed by atoms with Crippen molar-refractivity contribution in [1.82, 2.24) is 9.97 Å². The summed E-state index contributed by atoms with van der Waals surface area (Å²) in [6.07, 6.45) is 3.22. The van der Waals surface area contributed by atoms with E-state index in [0.29, 0.717) is 12.0 Å². The number of fused-ring (bicyclic) bond motifs is 1. The van der Waals surface area contributed by atoms with Gasteiger partial charge in [-0.15, -0.1) is 0 Å².